The maximum Gasteiger partial charge on any atom is 0.251 e. The van der Waals surface area contributed by atoms with Crippen LogP contribution in [0.2, 0.25) is 0 Å². The van der Waals surface area contributed by atoms with Crippen LogP contribution in [0.1, 0.15) is 51.0 Å². The summed E-state index contributed by atoms with van der Waals surface area (Å²) in [5.41, 5.74) is 6.55. The molecule has 1 aliphatic rings. The van der Waals surface area contributed by atoms with E-state index >= 15 is 0 Å². The smallest absolute Gasteiger partial charge is 0.251 e. The molecule has 1 aliphatic carbocycles. The highest BCUT2D eigenvalue weighted by molar-refractivity contribution is 5.98. The van der Waals surface area contributed by atoms with E-state index in [1.807, 2.05) is 13.8 Å². The van der Waals surface area contributed by atoms with Crippen LogP contribution in [0.25, 0.3) is 0 Å². The Bertz CT molecular complexity index is 528. The Balaban J connectivity index is 2.26. The number of hydrogen-bond acceptors (Lipinski definition) is 2. The summed E-state index contributed by atoms with van der Waals surface area (Å²) in [7, 11) is 0. The molecule has 20 heavy (non-hydrogen) atoms. The van der Waals surface area contributed by atoms with Crippen molar-refractivity contribution >= 4 is 5.91 Å². The summed E-state index contributed by atoms with van der Waals surface area (Å²) in [6, 6.07) is 0. The van der Waals surface area contributed by atoms with Crippen molar-refractivity contribution in [3.05, 3.63) is 33.4 Å². The summed E-state index contributed by atoms with van der Waals surface area (Å²) in [4.78, 5) is 12.5. The summed E-state index contributed by atoms with van der Waals surface area (Å²) < 4.78 is 0. The molecule has 0 aliphatic heterocycles. The van der Waals surface area contributed by atoms with Gasteiger partial charge >= 0.3 is 0 Å². The largest absolute Gasteiger partial charge is 0.396 e. The molecule has 1 aromatic carbocycles. The number of rotatable bonds is 4. The van der Waals surface area contributed by atoms with Gasteiger partial charge in [0.05, 0.1) is 6.61 Å². The lowest BCUT2D eigenvalue weighted by Gasteiger charge is -2.19. The molecule has 0 heterocycles. The zero-order valence-corrected chi connectivity index (χ0v) is 13.2. The van der Waals surface area contributed by atoms with E-state index in [0.717, 1.165) is 29.5 Å². The van der Waals surface area contributed by atoms with Gasteiger partial charge in [-0.15, -0.1) is 0 Å². The quantitative estimate of drug-likeness (QED) is 0.887. The van der Waals surface area contributed by atoms with Gasteiger partial charge in [0.2, 0.25) is 0 Å². The minimum atomic E-state index is -0.0493. The van der Waals surface area contributed by atoms with Gasteiger partial charge in [-0.2, -0.15) is 0 Å². The first-order valence-electron chi connectivity index (χ1n) is 7.29. The first-order chi connectivity index (χ1) is 9.33. The van der Waals surface area contributed by atoms with Crippen molar-refractivity contribution < 1.29 is 9.90 Å². The van der Waals surface area contributed by atoms with Crippen molar-refractivity contribution in [3.8, 4) is 0 Å². The summed E-state index contributed by atoms with van der Waals surface area (Å²) in [5.74, 6) is -0.00840. The number of aliphatic hydroxyl groups is 1. The second-order valence-corrected chi connectivity index (χ2v) is 6.34. The van der Waals surface area contributed by atoms with Crippen molar-refractivity contribution in [3.63, 3.8) is 0 Å². The minimum absolute atomic E-state index is 0.00840. The van der Waals surface area contributed by atoms with E-state index in [1.165, 1.54) is 16.7 Å². The first-order valence-corrected chi connectivity index (χ1v) is 7.29. The lowest BCUT2D eigenvalue weighted by molar-refractivity contribution is 0.0934. The van der Waals surface area contributed by atoms with Crippen molar-refractivity contribution in [1.82, 2.24) is 5.32 Å². The molecule has 0 spiro atoms. The van der Waals surface area contributed by atoms with Crippen LogP contribution in [-0.4, -0.2) is 24.2 Å². The van der Waals surface area contributed by atoms with Gasteiger partial charge < -0.3 is 10.4 Å². The van der Waals surface area contributed by atoms with Gasteiger partial charge in [-0.05, 0) is 75.3 Å². The molecular weight excluding hydrogens is 250 g/mol. The third-order valence-electron chi connectivity index (χ3n) is 5.14. The topological polar surface area (TPSA) is 49.3 Å². The Labute approximate surface area is 121 Å². The molecule has 0 aromatic heterocycles. The predicted molar refractivity (Wildman–Crippen MR) is 81.2 cm³/mol. The Morgan fingerprint density at radius 2 is 1.45 bits per heavy atom. The summed E-state index contributed by atoms with van der Waals surface area (Å²) in [6.07, 6.45) is 2.02. The van der Waals surface area contributed by atoms with Gasteiger partial charge in [0.25, 0.3) is 5.91 Å². The number of benzene rings is 1. The number of hydrogen-bond donors (Lipinski definition) is 2. The van der Waals surface area contributed by atoms with Crippen LogP contribution < -0.4 is 5.32 Å². The molecule has 1 saturated carbocycles. The summed E-state index contributed by atoms with van der Waals surface area (Å²) >= 11 is 0. The molecule has 2 rings (SSSR count). The summed E-state index contributed by atoms with van der Waals surface area (Å²) in [5, 5.41) is 12.3. The molecule has 1 fully saturated rings. The fourth-order valence-corrected chi connectivity index (χ4v) is 2.76. The van der Waals surface area contributed by atoms with Crippen LogP contribution in [0.3, 0.4) is 0 Å². The van der Waals surface area contributed by atoms with E-state index < -0.39 is 0 Å². The molecule has 0 atom stereocenters. The predicted octanol–water partition coefficient (Wildman–Crippen LogP) is 2.73. The van der Waals surface area contributed by atoms with Crippen LogP contribution in [0.4, 0.5) is 0 Å². The van der Waals surface area contributed by atoms with Gasteiger partial charge in [0, 0.05) is 17.5 Å². The molecule has 3 heteroatoms. The molecule has 2 N–H and O–H groups in total. The number of carbonyl (C=O) groups is 1. The lowest BCUT2D eigenvalue weighted by atomic mass is 9.89. The maximum absolute atomic E-state index is 12.5. The van der Waals surface area contributed by atoms with Gasteiger partial charge in [-0.25, -0.2) is 0 Å². The standard InChI is InChI=1S/C17H25NO2/c1-10-11(2)13(4)15(14(5)12(10)3)16(20)18-8-17(9-19)6-7-17/h19H,6-9H2,1-5H3,(H,18,20). The molecule has 1 amide bonds. The molecule has 0 saturated heterocycles. The second-order valence-electron chi connectivity index (χ2n) is 6.34. The van der Waals surface area contributed by atoms with Crippen LogP contribution in [0, 0.1) is 40.0 Å². The van der Waals surface area contributed by atoms with E-state index in [1.54, 1.807) is 0 Å². The van der Waals surface area contributed by atoms with E-state index in [2.05, 4.69) is 26.1 Å². The molecule has 0 bridgehead atoms. The van der Waals surface area contributed by atoms with Crippen LogP contribution >= 0.6 is 0 Å². The number of nitrogens with one attached hydrogen (secondary N) is 1. The molecule has 3 nitrogen and oxygen atoms in total. The van der Waals surface area contributed by atoms with Crippen molar-refractivity contribution in [2.24, 2.45) is 5.41 Å². The molecule has 1 aromatic rings. The maximum atomic E-state index is 12.5. The minimum Gasteiger partial charge on any atom is -0.396 e. The highest BCUT2D eigenvalue weighted by Crippen LogP contribution is 2.44. The SMILES string of the molecule is Cc1c(C)c(C)c(C(=O)NCC2(CO)CC2)c(C)c1C. The number of amides is 1. The Hall–Kier alpha value is -1.35. The van der Waals surface area contributed by atoms with Gasteiger partial charge in [0.15, 0.2) is 0 Å². The molecular formula is C17H25NO2. The van der Waals surface area contributed by atoms with Crippen LogP contribution in [-0.2, 0) is 0 Å². The molecule has 0 unspecified atom stereocenters. The Kier molecular flexibility index (Phi) is 3.92. The van der Waals surface area contributed by atoms with Gasteiger partial charge in [0.1, 0.15) is 0 Å². The van der Waals surface area contributed by atoms with Crippen molar-refractivity contribution in [2.45, 2.75) is 47.5 Å². The van der Waals surface area contributed by atoms with Crippen LogP contribution in [0.15, 0.2) is 0 Å². The highest BCUT2D eigenvalue weighted by atomic mass is 16.3. The zero-order valence-electron chi connectivity index (χ0n) is 13.2. The zero-order chi connectivity index (χ0) is 15.1. The monoisotopic (exact) mass is 275 g/mol. The fraction of sp³-hybridized carbons (Fsp3) is 0.588. The van der Waals surface area contributed by atoms with E-state index in [-0.39, 0.29) is 17.9 Å². The van der Waals surface area contributed by atoms with Crippen molar-refractivity contribution in [1.29, 1.82) is 0 Å². The molecule has 110 valence electrons. The number of aliphatic hydroxyl groups excluding tert-OH is 1. The van der Waals surface area contributed by atoms with E-state index in [4.69, 9.17) is 0 Å². The fourth-order valence-electron chi connectivity index (χ4n) is 2.76. The number of carbonyl (C=O) groups excluding carboxylic acids is 1. The normalized spacial score (nSPS) is 16.1. The highest BCUT2D eigenvalue weighted by Gasteiger charge is 2.42. The average molecular weight is 275 g/mol. The van der Waals surface area contributed by atoms with Crippen molar-refractivity contribution in [2.75, 3.05) is 13.2 Å². The summed E-state index contributed by atoms with van der Waals surface area (Å²) in [6.45, 7) is 11.0. The van der Waals surface area contributed by atoms with Crippen LogP contribution in [0.5, 0.6) is 0 Å². The Morgan fingerprint density at radius 3 is 1.85 bits per heavy atom. The van der Waals surface area contributed by atoms with E-state index in [0.29, 0.717) is 6.54 Å². The first kappa shape index (κ1) is 15.0. The van der Waals surface area contributed by atoms with E-state index in [9.17, 15) is 9.90 Å². The molecule has 0 radical (unpaired) electrons. The van der Waals surface area contributed by atoms with Gasteiger partial charge in [-0.1, -0.05) is 0 Å². The second kappa shape index (κ2) is 5.21. The lowest BCUT2D eigenvalue weighted by Crippen LogP contribution is -2.33. The Morgan fingerprint density at radius 1 is 1.00 bits per heavy atom. The third-order valence-corrected chi connectivity index (χ3v) is 5.14. The average Bonchev–Trinajstić information content (AvgIpc) is 3.22. The van der Waals surface area contributed by atoms with Gasteiger partial charge in [-0.3, -0.25) is 4.79 Å². The third kappa shape index (κ3) is 2.47.